The van der Waals surface area contributed by atoms with Crippen LogP contribution in [-0.4, -0.2) is 55.0 Å². The number of rotatable bonds is 8. The second kappa shape index (κ2) is 9.34. The van der Waals surface area contributed by atoms with Crippen LogP contribution in [0.5, 0.6) is 5.75 Å². The zero-order chi connectivity index (χ0) is 22.7. The molecule has 0 aliphatic heterocycles. The number of amides is 1. The number of fused-ring (bicyclic) bond motifs is 1. The van der Waals surface area contributed by atoms with Crippen LogP contribution in [0.15, 0.2) is 48.1 Å². The fraction of sp³-hybridized carbons (Fsp3) is 0.200. The van der Waals surface area contributed by atoms with Crippen LogP contribution >= 0.6 is 11.3 Å². The molecule has 1 atom stereocenters. The summed E-state index contributed by atoms with van der Waals surface area (Å²) in [6.07, 6.45) is -0.865. The van der Waals surface area contributed by atoms with Crippen molar-refractivity contribution in [2.75, 3.05) is 18.5 Å². The van der Waals surface area contributed by atoms with Crippen LogP contribution in [-0.2, 0) is 0 Å². The smallest absolute Gasteiger partial charge is 0.264 e. The van der Waals surface area contributed by atoms with E-state index in [9.17, 15) is 18.7 Å². The Morgan fingerprint density at radius 3 is 2.88 bits per heavy atom. The maximum atomic E-state index is 13.8. The molecule has 3 heterocycles. The predicted molar refractivity (Wildman–Crippen MR) is 112 cm³/mol. The third kappa shape index (κ3) is 4.56. The molecule has 0 unspecified atom stereocenters. The summed E-state index contributed by atoms with van der Waals surface area (Å²) < 4.78 is 34.1. The molecule has 0 saturated heterocycles. The highest BCUT2D eigenvalue weighted by Crippen LogP contribution is 2.33. The molecule has 1 amide bonds. The summed E-state index contributed by atoms with van der Waals surface area (Å²) in [7, 11) is 0. The molecule has 0 bridgehead atoms. The number of ether oxygens (including phenoxy) is 1. The highest BCUT2D eigenvalue weighted by Gasteiger charge is 2.21. The summed E-state index contributed by atoms with van der Waals surface area (Å²) in [5.74, 6) is -0.342. The second-order valence-corrected chi connectivity index (χ2v) is 7.51. The number of carbonyl (C=O) groups is 1. The molecule has 0 aliphatic carbocycles. The lowest BCUT2D eigenvalue weighted by Crippen LogP contribution is -2.21. The van der Waals surface area contributed by atoms with Crippen molar-refractivity contribution < 1.29 is 28.5 Å². The molecule has 4 aromatic rings. The van der Waals surface area contributed by atoms with Gasteiger partial charge < -0.3 is 14.9 Å². The molecule has 0 aliphatic rings. The number of anilines is 1. The van der Waals surface area contributed by atoms with Gasteiger partial charge in [0.15, 0.2) is 16.6 Å². The van der Waals surface area contributed by atoms with E-state index in [4.69, 9.17) is 9.84 Å². The van der Waals surface area contributed by atoms with E-state index in [-0.39, 0.29) is 40.5 Å². The Bertz CT molecular complexity index is 1230. The fourth-order valence-electron chi connectivity index (χ4n) is 2.91. The molecular weight excluding hydrogens is 444 g/mol. The summed E-state index contributed by atoms with van der Waals surface area (Å²) >= 11 is 1.26. The third-order valence-corrected chi connectivity index (χ3v) is 5.10. The van der Waals surface area contributed by atoms with E-state index in [0.717, 1.165) is 6.07 Å². The standard InChI is InChI=1S/C20H17F2N5O4S/c21-16(22)15-8-12(31-10-11(29)9-28)3-4-13(15)17-24-18-14(2-1-6-27(18)26-17)19(30)25-20-23-5-7-32-20/h1-8,11,16,28-29H,9-10H2,(H,23,25,30)/t11-/m0/s1. The van der Waals surface area contributed by atoms with E-state index in [2.05, 4.69) is 20.4 Å². The molecule has 9 nitrogen and oxygen atoms in total. The Balaban J connectivity index is 1.68. The lowest BCUT2D eigenvalue weighted by molar-refractivity contribution is 0.0534. The number of benzene rings is 1. The van der Waals surface area contributed by atoms with Crippen LogP contribution in [0.1, 0.15) is 22.3 Å². The summed E-state index contributed by atoms with van der Waals surface area (Å²) in [5, 5.41) is 27.3. The van der Waals surface area contributed by atoms with E-state index in [1.54, 1.807) is 29.9 Å². The number of aliphatic hydroxyl groups excluding tert-OH is 2. The molecule has 12 heteroatoms. The quantitative estimate of drug-likeness (QED) is 0.369. The number of aromatic nitrogens is 4. The number of hydrogen-bond donors (Lipinski definition) is 3. The van der Waals surface area contributed by atoms with Crippen molar-refractivity contribution >= 4 is 28.0 Å². The Labute approximate surface area is 184 Å². The minimum Gasteiger partial charge on any atom is -0.491 e. The number of halogens is 2. The van der Waals surface area contributed by atoms with Gasteiger partial charge in [0.1, 0.15) is 18.5 Å². The van der Waals surface area contributed by atoms with Gasteiger partial charge in [0.2, 0.25) is 0 Å². The predicted octanol–water partition coefficient (Wildman–Crippen LogP) is 2.77. The molecule has 32 heavy (non-hydrogen) atoms. The van der Waals surface area contributed by atoms with E-state index in [1.165, 1.54) is 28.0 Å². The number of alkyl halides is 2. The van der Waals surface area contributed by atoms with Gasteiger partial charge in [0.25, 0.3) is 12.3 Å². The SMILES string of the molecule is O=C(Nc1nccs1)c1cccn2nc(-c3ccc(OC[C@@H](O)CO)cc3C(F)F)nc12. The molecule has 166 valence electrons. The topological polar surface area (TPSA) is 122 Å². The average molecular weight is 461 g/mol. The number of aliphatic hydroxyl groups is 2. The molecule has 0 fully saturated rings. The molecule has 1 aromatic carbocycles. The van der Waals surface area contributed by atoms with E-state index < -0.39 is 25.0 Å². The first-order chi connectivity index (χ1) is 15.5. The first-order valence-corrected chi connectivity index (χ1v) is 10.2. The monoisotopic (exact) mass is 461 g/mol. The van der Waals surface area contributed by atoms with Crippen molar-refractivity contribution in [3.63, 3.8) is 0 Å². The van der Waals surface area contributed by atoms with Gasteiger partial charge in [-0.2, -0.15) is 0 Å². The molecule has 3 N–H and O–H groups in total. The van der Waals surface area contributed by atoms with Crippen LogP contribution in [0.2, 0.25) is 0 Å². The lowest BCUT2D eigenvalue weighted by Gasteiger charge is -2.12. The Morgan fingerprint density at radius 2 is 2.16 bits per heavy atom. The Kier molecular flexibility index (Phi) is 6.35. The van der Waals surface area contributed by atoms with Crippen LogP contribution in [0.4, 0.5) is 13.9 Å². The Morgan fingerprint density at radius 1 is 1.31 bits per heavy atom. The van der Waals surface area contributed by atoms with Crippen LogP contribution in [0, 0.1) is 0 Å². The van der Waals surface area contributed by atoms with Crippen LogP contribution < -0.4 is 10.1 Å². The zero-order valence-electron chi connectivity index (χ0n) is 16.4. The maximum Gasteiger partial charge on any atom is 0.264 e. The number of nitrogens with one attached hydrogen (secondary N) is 1. The minimum atomic E-state index is -2.85. The largest absolute Gasteiger partial charge is 0.491 e. The fourth-order valence-corrected chi connectivity index (χ4v) is 3.43. The summed E-state index contributed by atoms with van der Waals surface area (Å²) in [4.78, 5) is 21.0. The van der Waals surface area contributed by atoms with Crippen molar-refractivity contribution in [2.45, 2.75) is 12.5 Å². The minimum absolute atomic E-state index is 0.0109. The number of thiazole rings is 1. The highest BCUT2D eigenvalue weighted by molar-refractivity contribution is 7.13. The van der Waals surface area contributed by atoms with Gasteiger partial charge in [-0.15, -0.1) is 16.4 Å². The van der Waals surface area contributed by atoms with Gasteiger partial charge in [-0.1, -0.05) is 0 Å². The van der Waals surface area contributed by atoms with Crippen molar-refractivity contribution in [3.05, 3.63) is 59.2 Å². The van der Waals surface area contributed by atoms with Crippen molar-refractivity contribution in [1.29, 1.82) is 0 Å². The average Bonchev–Trinajstić information content (AvgIpc) is 3.46. The van der Waals surface area contributed by atoms with Gasteiger partial charge in [-0.25, -0.2) is 23.3 Å². The summed E-state index contributed by atoms with van der Waals surface area (Å²) in [6.45, 7) is -0.758. The maximum absolute atomic E-state index is 13.8. The van der Waals surface area contributed by atoms with Gasteiger partial charge in [0, 0.05) is 28.9 Å². The molecule has 0 radical (unpaired) electrons. The van der Waals surface area contributed by atoms with Crippen LogP contribution in [0.25, 0.3) is 17.0 Å². The summed E-state index contributed by atoms with van der Waals surface area (Å²) in [6, 6.07) is 7.10. The molecular formula is C20H17F2N5O4S. The van der Waals surface area contributed by atoms with Crippen LogP contribution in [0.3, 0.4) is 0 Å². The van der Waals surface area contributed by atoms with Gasteiger partial charge >= 0.3 is 0 Å². The molecule has 0 saturated carbocycles. The van der Waals surface area contributed by atoms with Gasteiger partial charge in [-0.3, -0.25) is 10.1 Å². The third-order valence-electron chi connectivity index (χ3n) is 4.41. The Hall–Kier alpha value is -3.48. The van der Waals surface area contributed by atoms with Gasteiger partial charge in [-0.05, 0) is 30.3 Å². The number of carbonyl (C=O) groups excluding carboxylic acids is 1. The van der Waals surface area contributed by atoms with E-state index >= 15 is 0 Å². The normalized spacial score (nSPS) is 12.3. The first-order valence-electron chi connectivity index (χ1n) is 9.36. The van der Waals surface area contributed by atoms with Crippen molar-refractivity contribution in [2.24, 2.45) is 0 Å². The molecule has 3 aromatic heterocycles. The lowest BCUT2D eigenvalue weighted by atomic mass is 10.1. The van der Waals surface area contributed by atoms with Crippen molar-refractivity contribution in [3.8, 4) is 17.1 Å². The summed E-state index contributed by atoms with van der Waals surface area (Å²) in [5.41, 5.74) is 0.108. The number of hydrogen-bond acceptors (Lipinski definition) is 8. The second-order valence-electron chi connectivity index (χ2n) is 6.61. The van der Waals surface area contributed by atoms with E-state index in [0.29, 0.717) is 5.13 Å². The van der Waals surface area contributed by atoms with Gasteiger partial charge in [0.05, 0.1) is 12.2 Å². The first kappa shape index (κ1) is 21.7. The molecule has 0 spiro atoms. The zero-order valence-corrected chi connectivity index (χ0v) is 17.2. The highest BCUT2D eigenvalue weighted by atomic mass is 32.1. The molecule has 4 rings (SSSR count). The van der Waals surface area contributed by atoms with Crippen molar-refractivity contribution in [1.82, 2.24) is 19.6 Å². The number of nitrogens with zero attached hydrogens (tertiary/aromatic N) is 4. The van der Waals surface area contributed by atoms with E-state index in [1.807, 2.05) is 0 Å². The number of pyridine rings is 1.